The van der Waals surface area contributed by atoms with Gasteiger partial charge in [-0.1, -0.05) is 75.3 Å². The van der Waals surface area contributed by atoms with Gasteiger partial charge < -0.3 is 20.3 Å². The van der Waals surface area contributed by atoms with Crippen molar-refractivity contribution in [2.45, 2.75) is 89.2 Å². The SMILES string of the molecule is Nc1cn(CC2(O)CCN(C(=O)CCC3CCCCC3)CC23CCCC3)c(=O)cc1-c1ccccc1. The molecule has 3 fully saturated rings. The first-order valence-electron chi connectivity index (χ1n) is 13.9. The van der Waals surface area contributed by atoms with Crippen LogP contribution in [0.25, 0.3) is 11.1 Å². The summed E-state index contributed by atoms with van der Waals surface area (Å²) in [6, 6.07) is 11.3. The van der Waals surface area contributed by atoms with Gasteiger partial charge in [0.05, 0.1) is 17.8 Å². The lowest BCUT2D eigenvalue weighted by Gasteiger charge is -2.52. The fraction of sp³-hybridized carbons (Fsp3) is 0.600. The van der Waals surface area contributed by atoms with Crippen LogP contribution in [0.5, 0.6) is 0 Å². The minimum Gasteiger partial charge on any atom is -0.397 e. The minimum absolute atomic E-state index is 0.157. The molecule has 2 aliphatic carbocycles. The fourth-order valence-electron chi connectivity index (χ4n) is 7.14. The van der Waals surface area contributed by atoms with Crippen molar-refractivity contribution in [1.29, 1.82) is 0 Å². The van der Waals surface area contributed by atoms with Gasteiger partial charge in [0.1, 0.15) is 0 Å². The van der Waals surface area contributed by atoms with Crippen molar-refractivity contribution in [3.8, 4) is 11.1 Å². The number of nitrogen functional groups attached to an aromatic ring is 1. The van der Waals surface area contributed by atoms with E-state index in [1.807, 2.05) is 35.2 Å². The molecule has 2 aromatic rings. The highest BCUT2D eigenvalue weighted by Crippen LogP contribution is 2.51. The van der Waals surface area contributed by atoms with E-state index in [4.69, 9.17) is 5.73 Å². The van der Waals surface area contributed by atoms with Crippen LogP contribution < -0.4 is 11.3 Å². The molecule has 1 unspecified atom stereocenters. The molecule has 1 aromatic heterocycles. The Morgan fingerprint density at radius 3 is 2.47 bits per heavy atom. The molecule has 1 aromatic carbocycles. The number of nitrogens with two attached hydrogens (primary N) is 1. The second kappa shape index (κ2) is 10.4. The van der Waals surface area contributed by atoms with Crippen molar-refractivity contribution >= 4 is 11.6 Å². The standard InChI is InChI=1S/C30H41N3O3/c31-26-20-33(28(35)19-25(26)24-11-5-2-6-12-24)22-30(36)17-18-32(21-29(30)15-7-8-16-29)27(34)14-13-23-9-3-1-4-10-23/h2,5-6,11-12,19-20,23,36H,1,3-4,7-10,13-18,21-22,31H2. The van der Waals surface area contributed by atoms with Crippen molar-refractivity contribution in [2.24, 2.45) is 11.3 Å². The zero-order chi connectivity index (χ0) is 25.2. The van der Waals surface area contributed by atoms with Gasteiger partial charge in [-0.3, -0.25) is 9.59 Å². The van der Waals surface area contributed by atoms with E-state index in [1.54, 1.807) is 16.8 Å². The van der Waals surface area contributed by atoms with Crippen molar-refractivity contribution in [3.05, 3.63) is 52.9 Å². The van der Waals surface area contributed by atoms with E-state index in [2.05, 4.69) is 0 Å². The molecule has 6 heteroatoms. The molecule has 1 amide bonds. The van der Waals surface area contributed by atoms with E-state index >= 15 is 0 Å². The van der Waals surface area contributed by atoms with Crippen molar-refractivity contribution < 1.29 is 9.90 Å². The number of aliphatic hydroxyl groups is 1. The van der Waals surface area contributed by atoms with Gasteiger partial charge in [0.25, 0.3) is 5.56 Å². The molecule has 1 atom stereocenters. The number of pyridine rings is 1. The second-order valence-corrected chi connectivity index (χ2v) is 11.6. The van der Waals surface area contributed by atoms with Crippen LogP contribution in [0.4, 0.5) is 5.69 Å². The van der Waals surface area contributed by atoms with Crippen LogP contribution in [0.2, 0.25) is 0 Å². The predicted octanol–water partition coefficient (Wildman–Crippen LogP) is 4.98. The van der Waals surface area contributed by atoms with Crippen LogP contribution >= 0.6 is 0 Å². The molecular formula is C30H41N3O3. The Balaban J connectivity index is 1.32. The Labute approximate surface area is 214 Å². The van der Waals surface area contributed by atoms with E-state index in [9.17, 15) is 14.7 Å². The van der Waals surface area contributed by atoms with Crippen LogP contribution in [0.15, 0.2) is 47.4 Å². The number of hydrogen-bond donors (Lipinski definition) is 2. The van der Waals surface area contributed by atoms with E-state index < -0.39 is 5.60 Å². The average molecular weight is 492 g/mol. The first-order chi connectivity index (χ1) is 17.4. The number of hydrogen-bond acceptors (Lipinski definition) is 4. The monoisotopic (exact) mass is 491 g/mol. The number of piperidine rings is 1. The predicted molar refractivity (Wildman–Crippen MR) is 143 cm³/mol. The van der Waals surface area contributed by atoms with Crippen LogP contribution in [0.1, 0.15) is 77.0 Å². The number of anilines is 1. The number of aromatic nitrogens is 1. The highest BCUT2D eigenvalue weighted by Gasteiger charge is 2.55. The van der Waals surface area contributed by atoms with Gasteiger partial charge in [-0.15, -0.1) is 0 Å². The molecule has 1 saturated heterocycles. The topological polar surface area (TPSA) is 88.6 Å². The summed E-state index contributed by atoms with van der Waals surface area (Å²) < 4.78 is 1.59. The number of benzene rings is 1. The minimum atomic E-state index is -1.03. The van der Waals surface area contributed by atoms with Gasteiger partial charge in [0, 0.05) is 42.8 Å². The zero-order valence-corrected chi connectivity index (χ0v) is 21.5. The van der Waals surface area contributed by atoms with Crippen LogP contribution in [0, 0.1) is 11.3 Å². The summed E-state index contributed by atoms with van der Waals surface area (Å²) >= 11 is 0. The number of nitrogens with zero attached hydrogens (tertiary/aromatic N) is 2. The normalized spacial score (nSPS) is 24.3. The summed E-state index contributed by atoms with van der Waals surface area (Å²) in [4.78, 5) is 28.3. The second-order valence-electron chi connectivity index (χ2n) is 11.6. The molecule has 3 aliphatic rings. The zero-order valence-electron chi connectivity index (χ0n) is 21.5. The summed E-state index contributed by atoms with van der Waals surface area (Å²) in [5, 5.41) is 12.1. The smallest absolute Gasteiger partial charge is 0.251 e. The third kappa shape index (κ3) is 4.97. The quantitative estimate of drug-likeness (QED) is 0.596. The molecule has 2 heterocycles. The Morgan fingerprint density at radius 1 is 1.03 bits per heavy atom. The maximum absolute atomic E-state index is 13.2. The van der Waals surface area contributed by atoms with E-state index in [0.717, 1.165) is 43.2 Å². The molecular weight excluding hydrogens is 450 g/mol. The van der Waals surface area contributed by atoms with Gasteiger partial charge in [0.15, 0.2) is 0 Å². The summed E-state index contributed by atoms with van der Waals surface area (Å²) in [5.74, 6) is 0.934. The maximum atomic E-state index is 13.2. The molecule has 6 nitrogen and oxygen atoms in total. The molecule has 36 heavy (non-hydrogen) atoms. The number of carbonyl (C=O) groups is 1. The summed E-state index contributed by atoms with van der Waals surface area (Å²) in [6.07, 6.45) is 14.1. The van der Waals surface area contributed by atoms with Gasteiger partial charge >= 0.3 is 0 Å². The summed E-state index contributed by atoms with van der Waals surface area (Å²) in [5.41, 5.74) is 6.98. The molecule has 1 aliphatic heterocycles. The molecule has 1 spiro atoms. The van der Waals surface area contributed by atoms with E-state index in [0.29, 0.717) is 37.5 Å². The highest BCUT2D eigenvalue weighted by molar-refractivity contribution is 5.76. The number of amides is 1. The summed E-state index contributed by atoms with van der Waals surface area (Å²) in [7, 11) is 0. The van der Waals surface area contributed by atoms with Crippen LogP contribution in [-0.4, -0.2) is 39.2 Å². The molecule has 0 bridgehead atoms. The average Bonchev–Trinajstić information content (AvgIpc) is 3.37. The Morgan fingerprint density at radius 2 is 1.75 bits per heavy atom. The van der Waals surface area contributed by atoms with E-state index in [1.165, 1.54) is 32.1 Å². The fourth-order valence-corrected chi connectivity index (χ4v) is 7.14. The number of rotatable bonds is 6. The third-order valence-corrected chi connectivity index (χ3v) is 9.35. The number of likely N-dealkylation sites (tertiary alicyclic amines) is 1. The van der Waals surface area contributed by atoms with Crippen LogP contribution in [0.3, 0.4) is 0 Å². The third-order valence-electron chi connectivity index (χ3n) is 9.35. The first-order valence-corrected chi connectivity index (χ1v) is 13.9. The van der Waals surface area contributed by atoms with Crippen molar-refractivity contribution in [1.82, 2.24) is 9.47 Å². The van der Waals surface area contributed by atoms with Crippen molar-refractivity contribution in [3.63, 3.8) is 0 Å². The maximum Gasteiger partial charge on any atom is 0.251 e. The number of carbonyl (C=O) groups excluding carboxylic acids is 1. The van der Waals surface area contributed by atoms with Crippen molar-refractivity contribution in [2.75, 3.05) is 18.8 Å². The molecule has 3 N–H and O–H groups in total. The van der Waals surface area contributed by atoms with Gasteiger partial charge in [-0.25, -0.2) is 0 Å². The lowest BCUT2D eigenvalue weighted by Crippen LogP contribution is -2.62. The molecule has 0 radical (unpaired) electrons. The summed E-state index contributed by atoms with van der Waals surface area (Å²) in [6.45, 7) is 1.36. The highest BCUT2D eigenvalue weighted by atomic mass is 16.3. The Hall–Kier alpha value is -2.60. The van der Waals surface area contributed by atoms with E-state index in [-0.39, 0.29) is 23.4 Å². The largest absolute Gasteiger partial charge is 0.397 e. The van der Waals surface area contributed by atoms with Gasteiger partial charge in [0.2, 0.25) is 5.91 Å². The molecule has 2 saturated carbocycles. The first kappa shape index (κ1) is 25.1. The molecule has 194 valence electrons. The van der Waals surface area contributed by atoms with Gasteiger partial charge in [-0.2, -0.15) is 0 Å². The lowest BCUT2D eigenvalue weighted by molar-refractivity contribution is -0.160. The Kier molecular flexibility index (Phi) is 7.25. The van der Waals surface area contributed by atoms with Crippen LogP contribution in [-0.2, 0) is 11.3 Å². The Bertz CT molecular complexity index is 1120. The lowest BCUT2D eigenvalue weighted by atomic mass is 9.65. The van der Waals surface area contributed by atoms with Gasteiger partial charge in [-0.05, 0) is 37.2 Å². The molecule has 5 rings (SSSR count).